The van der Waals surface area contributed by atoms with E-state index in [1.54, 1.807) is 0 Å². The van der Waals surface area contributed by atoms with Crippen LogP contribution in [0.1, 0.15) is 73.6 Å². The van der Waals surface area contributed by atoms with Crippen molar-refractivity contribution in [3.05, 3.63) is 0 Å². The molecule has 0 bridgehead atoms. The van der Waals surface area contributed by atoms with Crippen LogP contribution in [0.25, 0.3) is 0 Å². The van der Waals surface area contributed by atoms with Gasteiger partial charge in [0, 0.05) is 17.8 Å². The molecule has 0 aromatic heterocycles. The van der Waals surface area contributed by atoms with E-state index in [2.05, 4.69) is 24.3 Å². The predicted octanol–water partition coefficient (Wildman–Crippen LogP) is 5.59. The van der Waals surface area contributed by atoms with Gasteiger partial charge in [-0.15, -0.1) is 0 Å². The Morgan fingerprint density at radius 2 is 1.12 bits per heavy atom. The van der Waals surface area contributed by atoms with Gasteiger partial charge in [0.25, 0.3) is 0 Å². The van der Waals surface area contributed by atoms with Crippen LogP contribution in [-0.2, 0) is 0 Å². The van der Waals surface area contributed by atoms with E-state index in [1.165, 1.54) is 0 Å². The van der Waals surface area contributed by atoms with E-state index in [1.807, 2.05) is 41.5 Å². The Bertz CT molecular complexity index is 490. The Kier molecular flexibility index (Phi) is 13.5. The number of nitrogens with zero attached hydrogens (tertiary/aromatic N) is 4. The van der Waals surface area contributed by atoms with Crippen LogP contribution in [0.15, 0.2) is 0 Å². The maximum atomic E-state index is 9.34. The standard InChI is InChI=1S/C18H26N4.C2H6/c1-5-6-14(10-19)7-15(11-20)8-16(12-21)9-17(13-22)18(2,3)4;1-2/h14-17H,5-9H2,1-4H3;1-2H3. The van der Waals surface area contributed by atoms with E-state index in [0.717, 1.165) is 12.8 Å². The Morgan fingerprint density at radius 3 is 1.46 bits per heavy atom. The molecule has 0 N–H and O–H groups in total. The first-order chi connectivity index (χ1) is 11.3. The number of hydrogen-bond donors (Lipinski definition) is 0. The molecule has 0 aromatic rings. The Balaban J connectivity index is 0. The average Bonchev–Trinajstić information content (AvgIpc) is 2.57. The van der Waals surface area contributed by atoms with Crippen LogP contribution in [0.2, 0.25) is 0 Å². The largest absolute Gasteiger partial charge is 0.198 e. The van der Waals surface area contributed by atoms with Gasteiger partial charge in [-0.25, -0.2) is 0 Å². The lowest BCUT2D eigenvalue weighted by Crippen LogP contribution is -2.22. The molecule has 0 saturated heterocycles. The van der Waals surface area contributed by atoms with Crippen LogP contribution in [0.4, 0.5) is 0 Å². The lowest BCUT2D eigenvalue weighted by Gasteiger charge is -2.27. The summed E-state index contributed by atoms with van der Waals surface area (Å²) in [5.41, 5.74) is -0.177. The van der Waals surface area contributed by atoms with Crippen molar-refractivity contribution in [3.8, 4) is 24.3 Å². The minimum Gasteiger partial charge on any atom is -0.198 e. The molecule has 0 aromatic carbocycles. The smallest absolute Gasteiger partial charge is 0.0661 e. The maximum Gasteiger partial charge on any atom is 0.0661 e. The highest BCUT2D eigenvalue weighted by Crippen LogP contribution is 2.33. The second-order valence-electron chi connectivity index (χ2n) is 7.02. The third-order valence-corrected chi connectivity index (χ3v) is 4.04. The number of rotatable bonds is 8. The van der Waals surface area contributed by atoms with E-state index in [4.69, 9.17) is 5.26 Å². The van der Waals surface area contributed by atoms with Crippen molar-refractivity contribution in [3.63, 3.8) is 0 Å². The van der Waals surface area contributed by atoms with Crippen LogP contribution in [-0.4, -0.2) is 0 Å². The summed E-state index contributed by atoms with van der Waals surface area (Å²) in [5.74, 6) is -0.933. The molecule has 4 unspecified atom stereocenters. The molecule has 0 aliphatic rings. The molecule has 4 heteroatoms. The first kappa shape index (κ1) is 24.2. The highest BCUT2D eigenvalue weighted by atomic mass is 14.4. The highest BCUT2D eigenvalue weighted by Gasteiger charge is 2.29. The van der Waals surface area contributed by atoms with E-state index < -0.39 is 0 Å². The molecular weight excluding hydrogens is 296 g/mol. The predicted molar refractivity (Wildman–Crippen MR) is 96.0 cm³/mol. The molecule has 4 atom stereocenters. The van der Waals surface area contributed by atoms with Crippen molar-refractivity contribution in [2.45, 2.75) is 73.6 Å². The monoisotopic (exact) mass is 328 g/mol. The van der Waals surface area contributed by atoms with Crippen LogP contribution in [0, 0.1) is 74.4 Å². The van der Waals surface area contributed by atoms with Gasteiger partial charge in [-0.05, 0) is 31.1 Å². The van der Waals surface area contributed by atoms with Crippen molar-refractivity contribution in [1.29, 1.82) is 21.0 Å². The van der Waals surface area contributed by atoms with E-state index in [-0.39, 0.29) is 29.1 Å². The van der Waals surface area contributed by atoms with Crippen molar-refractivity contribution >= 4 is 0 Å². The second kappa shape index (κ2) is 13.4. The molecule has 0 amide bonds. The maximum absolute atomic E-state index is 9.34. The fourth-order valence-electron chi connectivity index (χ4n) is 2.56. The van der Waals surface area contributed by atoms with Gasteiger partial charge < -0.3 is 0 Å². The summed E-state index contributed by atoms with van der Waals surface area (Å²) in [7, 11) is 0. The Hall–Kier alpha value is -2.04. The minimum atomic E-state index is -0.311. The number of nitriles is 4. The van der Waals surface area contributed by atoms with Crippen molar-refractivity contribution in [1.82, 2.24) is 0 Å². The SMILES string of the molecule is CC.CCCC(C#N)CC(C#N)CC(C#N)CC(C#N)C(C)(C)C. The van der Waals surface area contributed by atoms with Gasteiger partial charge in [-0.3, -0.25) is 0 Å². The van der Waals surface area contributed by atoms with Crippen LogP contribution in [0.3, 0.4) is 0 Å². The minimum absolute atomic E-state index is 0.122. The van der Waals surface area contributed by atoms with Crippen molar-refractivity contribution in [2.24, 2.45) is 29.1 Å². The van der Waals surface area contributed by atoms with Gasteiger partial charge in [-0.2, -0.15) is 21.0 Å². The molecule has 0 rings (SSSR count). The quantitative estimate of drug-likeness (QED) is 0.580. The molecule has 0 radical (unpaired) electrons. The Labute approximate surface area is 148 Å². The number of hydrogen-bond acceptors (Lipinski definition) is 4. The molecule has 0 aliphatic carbocycles. The molecule has 0 spiro atoms. The molecule has 4 nitrogen and oxygen atoms in total. The molecular formula is C20H32N4. The normalized spacial score (nSPS) is 15.1. The summed E-state index contributed by atoms with van der Waals surface area (Å²) in [6.45, 7) is 12.0. The van der Waals surface area contributed by atoms with Crippen LogP contribution in [0.5, 0.6) is 0 Å². The molecule has 132 valence electrons. The fourth-order valence-corrected chi connectivity index (χ4v) is 2.56. The topological polar surface area (TPSA) is 95.2 Å². The van der Waals surface area contributed by atoms with Gasteiger partial charge in [0.1, 0.15) is 0 Å². The molecule has 0 fully saturated rings. The summed E-state index contributed by atoms with van der Waals surface area (Å²) in [5, 5.41) is 37.0. The molecule has 0 heterocycles. The van der Waals surface area contributed by atoms with Gasteiger partial charge in [0.15, 0.2) is 0 Å². The summed E-state index contributed by atoms with van der Waals surface area (Å²) in [6, 6.07) is 9.01. The zero-order chi connectivity index (χ0) is 19.2. The van der Waals surface area contributed by atoms with E-state index in [0.29, 0.717) is 19.3 Å². The van der Waals surface area contributed by atoms with Crippen molar-refractivity contribution in [2.75, 3.05) is 0 Å². The average molecular weight is 329 g/mol. The zero-order valence-electron chi connectivity index (χ0n) is 16.1. The van der Waals surface area contributed by atoms with Gasteiger partial charge in [-0.1, -0.05) is 48.0 Å². The second-order valence-corrected chi connectivity index (χ2v) is 7.02. The Morgan fingerprint density at radius 1 is 0.708 bits per heavy atom. The summed E-state index contributed by atoms with van der Waals surface area (Å²) in [6.07, 6.45) is 3.15. The lowest BCUT2D eigenvalue weighted by atomic mass is 9.75. The van der Waals surface area contributed by atoms with Crippen molar-refractivity contribution < 1.29 is 0 Å². The van der Waals surface area contributed by atoms with E-state index >= 15 is 0 Å². The molecule has 0 saturated carbocycles. The van der Waals surface area contributed by atoms with Gasteiger partial charge in [0.2, 0.25) is 0 Å². The summed E-state index contributed by atoms with van der Waals surface area (Å²) in [4.78, 5) is 0. The van der Waals surface area contributed by atoms with Gasteiger partial charge >= 0.3 is 0 Å². The first-order valence-corrected chi connectivity index (χ1v) is 8.90. The third kappa shape index (κ3) is 9.87. The van der Waals surface area contributed by atoms with Crippen LogP contribution < -0.4 is 0 Å². The summed E-state index contributed by atoms with van der Waals surface area (Å²) >= 11 is 0. The fraction of sp³-hybridized carbons (Fsp3) is 0.800. The highest BCUT2D eigenvalue weighted by molar-refractivity contribution is 5.00. The van der Waals surface area contributed by atoms with E-state index in [9.17, 15) is 15.8 Å². The van der Waals surface area contributed by atoms with Crippen LogP contribution >= 0.6 is 0 Å². The first-order valence-electron chi connectivity index (χ1n) is 8.90. The lowest BCUT2D eigenvalue weighted by molar-refractivity contribution is 0.253. The van der Waals surface area contributed by atoms with Gasteiger partial charge in [0.05, 0.1) is 30.2 Å². The summed E-state index contributed by atoms with van der Waals surface area (Å²) < 4.78 is 0. The molecule has 24 heavy (non-hydrogen) atoms. The zero-order valence-corrected chi connectivity index (χ0v) is 16.1. The third-order valence-electron chi connectivity index (χ3n) is 4.04. The molecule has 0 aliphatic heterocycles.